The predicted octanol–water partition coefficient (Wildman–Crippen LogP) is 6.43. The molecular weight excluding hydrogens is 440 g/mol. The Hall–Kier alpha value is -2.31. The third-order valence-corrected chi connectivity index (χ3v) is 8.13. The Balaban J connectivity index is 0.00000133. The zero-order valence-corrected chi connectivity index (χ0v) is 21.9. The lowest BCUT2D eigenvalue weighted by molar-refractivity contribution is 0.0699. The first-order valence-corrected chi connectivity index (χ1v) is 13.6. The molecule has 0 radical (unpaired) electrons. The Bertz CT molecular complexity index is 1080. The summed E-state index contributed by atoms with van der Waals surface area (Å²) in [6.07, 6.45) is 8.23. The fraction of sp³-hybridized carbons (Fsp3) is 0.500. The highest BCUT2D eigenvalue weighted by Crippen LogP contribution is 2.34. The Morgan fingerprint density at radius 1 is 0.971 bits per heavy atom. The SMILES string of the molecule is CC.Cc1ccc(SN2CCC(c3ccn4ncc(C(=O)N5CCC(C)CC5)c4c3)CC2)cc1. The number of amides is 1. The van der Waals surface area contributed by atoms with E-state index in [-0.39, 0.29) is 5.91 Å². The summed E-state index contributed by atoms with van der Waals surface area (Å²) in [5, 5.41) is 4.46. The quantitative estimate of drug-likeness (QED) is 0.405. The lowest BCUT2D eigenvalue weighted by atomic mass is 9.90. The molecule has 2 aliphatic heterocycles. The molecule has 2 saturated heterocycles. The summed E-state index contributed by atoms with van der Waals surface area (Å²) in [6.45, 7) is 12.3. The molecule has 1 aromatic carbocycles. The van der Waals surface area contributed by atoms with Gasteiger partial charge in [0.2, 0.25) is 0 Å². The minimum atomic E-state index is 0.133. The molecule has 0 bridgehead atoms. The topological polar surface area (TPSA) is 40.9 Å². The number of rotatable bonds is 4. The van der Waals surface area contributed by atoms with Crippen molar-refractivity contribution in [2.24, 2.45) is 5.92 Å². The molecule has 4 heterocycles. The Morgan fingerprint density at radius 3 is 2.32 bits per heavy atom. The second-order valence-corrected chi connectivity index (χ2v) is 10.6. The maximum absolute atomic E-state index is 13.2. The molecule has 5 nitrogen and oxygen atoms in total. The molecule has 0 unspecified atom stereocenters. The van der Waals surface area contributed by atoms with Gasteiger partial charge in [-0.1, -0.05) is 38.5 Å². The summed E-state index contributed by atoms with van der Waals surface area (Å²) >= 11 is 1.87. The summed E-state index contributed by atoms with van der Waals surface area (Å²) in [6, 6.07) is 13.2. The van der Waals surface area contributed by atoms with E-state index in [1.54, 1.807) is 6.20 Å². The number of fused-ring (bicyclic) bond motifs is 1. The lowest BCUT2D eigenvalue weighted by Crippen LogP contribution is -2.37. The van der Waals surface area contributed by atoms with Crippen molar-refractivity contribution < 1.29 is 4.79 Å². The van der Waals surface area contributed by atoms with Crippen molar-refractivity contribution in [2.75, 3.05) is 26.2 Å². The molecule has 0 aliphatic carbocycles. The largest absolute Gasteiger partial charge is 0.339 e. The van der Waals surface area contributed by atoms with Crippen LogP contribution in [0.5, 0.6) is 0 Å². The van der Waals surface area contributed by atoms with Crippen LogP contribution in [0.3, 0.4) is 0 Å². The standard InChI is InChI=1S/C26H32N4OS.C2H6/c1-19-3-5-23(6-4-19)32-29-14-9-21(10-15-29)22-11-16-30-25(17-22)24(18-27-30)26(31)28-12-7-20(2)8-13-28;1-2/h3-6,11,16-18,20-21H,7-10,12-15H2,1-2H3;1-2H3. The fourth-order valence-electron chi connectivity index (χ4n) is 4.83. The van der Waals surface area contributed by atoms with Crippen LogP contribution in [-0.2, 0) is 0 Å². The first-order chi connectivity index (χ1) is 16.6. The van der Waals surface area contributed by atoms with Gasteiger partial charge in [0.15, 0.2) is 0 Å². The van der Waals surface area contributed by atoms with Crippen molar-refractivity contribution in [3.05, 3.63) is 65.5 Å². The number of hydrogen-bond donors (Lipinski definition) is 0. The molecule has 6 heteroatoms. The summed E-state index contributed by atoms with van der Waals surface area (Å²) in [7, 11) is 0. The molecule has 5 rings (SSSR count). The normalized spacial score (nSPS) is 18.1. The van der Waals surface area contributed by atoms with Gasteiger partial charge in [0, 0.05) is 37.3 Å². The average molecular weight is 479 g/mol. The van der Waals surface area contributed by atoms with Crippen molar-refractivity contribution >= 4 is 23.4 Å². The molecule has 2 fully saturated rings. The Labute approximate surface area is 208 Å². The number of likely N-dealkylation sites (tertiary alicyclic amines) is 1. The second-order valence-electron chi connectivity index (χ2n) is 9.43. The van der Waals surface area contributed by atoms with Crippen LogP contribution in [0.15, 0.2) is 53.7 Å². The predicted molar refractivity (Wildman–Crippen MR) is 141 cm³/mol. The lowest BCUT2D eigenvalue weighted by Gasteiger charge is -2.31. The molecule has 34 heavy (non-hydrogen) atoms. The van der Waals surface area contributed by atoms with Gasteiger partial charge in [-0.05, 0) is 86.2 Å². The van der Waals surface area contributed by atoms with Gasteiger partial charge >= 0.3 is 0 Å². The van der Waals surface area contributed by atoms with E-state index in [0.29, 0.717) is 11.8 Å². The van der Waals surface area contributed by atoms with Crippen LogP contribution in [0.2, 0.25) is 0 Å². The van der Waals surface area contributed by atoms with Crippen LogP contribution in [0, 0.1) is 12.8 Å². The molecule has 3 aromatic rings. The van der Waals surface area contributed by atoms with Gasteiger partial charge in [-0.25, -0.2) is 8.82 Å². The summed E-state index contributed by atoms with van der Waals surface area (Å²) in [4.78, 5) is 16.5. The number of carbonyl (C=O) groups excluding carboxylic acids is 1. The van der Waals surface area contributed by atoms with Crippen LogP contribution < -0.4 is 0 Å². The van der Waals surface area contributed by atoms with Crippen molar-refractivity contribution in [2.45, 2.75) is 64.2 Å². The van der Waals surface area contributed by atoms with Gasteiger partial charge < -0.3 is 4.90 Å². The highest BCUT2D eigenvalue weighted by Gasteiger charge is 2.25. The number of pyridine rings is 1. The molecule has 0 spiro atoms. The van der Waals surface area contributed by atoms with Crippen LogP contribution in [0.1, 0.15) is 73.9 Å². The third-order valence-electron chi connectivity index (χ3n) is 7.03. The van der Waals surface area contributed by atoms with Gasteiger partial charge in [0.05, 0.1) is 17.3 Å². The molecular formula is C28H38N4OS. The smallest absolute Gasteiger partial charge is 0.257 e. The maximum atomic E-state index is 13.2. The molecule has 0 N–H and O–H groups in total. The number of benzene rings is 1. The van der Waals surface area contributed by atoms with Crippen molar-refractivity contribution in [3.8, 4) is 0 Å². The number of aromatic nitrogens is 2. The number of hydrogen-bond acceptors (Lipinski definition) is 4. The van der Waals surface area contributed by atoms with Gasteiger partial charge in [0.25, 0.3) is 5.91 Å². The van der Waals surface area contributed by atoms with Crippen molar-refractivity contribution in [1.29, 1.82) is 0 Å². The number of carbonyl (C=O) groups is 1. The summed E-state index contributed by atoms with van der Waals surface area (Å²) < 4.78 is 4.33. The molecule has 2 aliphatic rings. The van der Waals surface area contributed by atoms with Crippen LogP contribution in [0.25, 0.3) is 5.52 Å². The van der Waals surface area contributed by atoms with E-state index in [0.717, 1.165) is 62.9 Å². The van der Waals surface area contributed by atoms with Gasteiger partial charge in [0.1, 0.15) is 0 Å². The minimum Gasteiger partial charge on any atom is -0.339 e. The van der Waals surface area contributed by atoms with Gasteiger partial charge in [-0.2, -0.15) is 5.10 Å². The Kier molecular flexibility index (Phi) is 8.32. The summed E-state index contributed by atoms with van der Waals surface area (Å²) in [5.41, 5.74) is 4.33. The van der Waals surface area contributed by atoms with Crippen molar-refractivity contribution in [1.82, 2.24) is 18.8 Å². The van der Waals surface area contributed by atoms with E-state index in [1.165, 1.54) is 16.0 Å². The van der Waals surface area contributed by atoms with E-state index in [9.17, 15) is 4.79 Å². The average Bonchev–Trinajstić information content (AvgIpc) is 3.30. The van der Waals surface area contributed by atoms with Crippen molar-refractivity contribution in [3.63, 3.8) is 0 Å². The number of aryl methyl sites for hydroxylation is 1. The number of nitrogens with zero attached hydrogens (tertiary/aromatic N) is 4. The molecule has 0 saturated carbocycles. The van der Waals surface area contributed by atoms with Gasteiger partial charge in [-0.3, -0.25) is 4.79 Å². The van der Waals surface area contributed by atoms with Crippen LogP contribution in [-0.4, -0.2) is 50.9 Å². The monoisotopic (exact) mass is 478 g/mol. The first kappa shape index (κ1) is 24.8. The molecule has 0 atom stereocenters. The van der Waals surface area contributed by atoms with E-state index < -0.39 is 0 Å². The van der Waals surface area contributed by atoms with Gasteiger partial charge in [-0.15, -0.1) is 0 Å². The van der Waals surface area contributed by atoms with E-state index >= 15 is 0 Å². The fourth-order valence-corrected chi connectivity index (χ4v) is 5.78. The molecule has 182 valence electrons. The third kappa shape index (κ3) is 5.66. The zero-order valence-electron chi connectivity index (χ0n) is 21.0. The van der Waals surface area contributed by atoms with E-state index in [2.05, 4.69) is 59.6 Å². The highest BCUT2D eigenvalue weighted by molar-refractivity contribution is 7.97. The molecule has 1 amide bonds. The first-order valence-electron chi connectivity index (χ1n) is 12.8. The highest BCUT2D eigenvalue weighted by atomic mass is 32.2. The summed E-state index contributed by atoms with van der Waals surface area (Å²) in [5.74, 6) is 1.38. The van der Waals surface area contributed by atoms with E-state index in [4.69, 9.17) is 0 Å². The number of piperidine rings is 2. The van der Waals surface area contributed by atoms with Crippen LogP contribution in [0.4, 0.5) is 0 Å². The Morgan fingerprint density at radius 2 is 1.65 bits per heavy atom. The maximum Gasteiger partial charge on any atom is 0.257 e. The van der Waals surface area contributed by atoms with Crippen LogP contribution >= 0.6 is 11.9 Å². The second kappa shape index (κ2) is 11.4. The molecule has 2 aromatic heterocycles. The minimum absolute atomic E-state index is 0.133. The van der Waals surface area contributed by atoms with E-state index in [1.807, 2.05) is 41.4 Å². The zero-order chi connectivity index (χ0) is 24.1.